The Kier molecular flexibility index (Phi) is 4.27. The average molecular weight is 439 g/mol. The number of rotatable bonds is 0. The summed E-state index contributed by atoms with van der Waals surface area (Å²) in [4.78, 5) is 0. The van der Waals surface area contributed by atoms with Crippen molar-refractivity contribution in [2.45, 2.75) is 18.5 Å². The summed E-state index contributed by atoms with van der Waals surface area (Å²) >= 11 is 5.48. The third-order valence-corrected chi connectivity index (χ3v) is 5.30. The molecule has 0 aliphatic heterocycles. The van der Waals surface area contributed by atoms with Crippen molar-refractivity contribution in [2.24, 2.45) is 0 Å². The Morgan fingerprint density at radius 1 is 0.741 bits per heavy atom. The Bertz CT molecular complexity index is 1060. The summed E-state index contributed by atoms with van der Waals surface area (Å²) in [5.41, 5.74) is -5.49. The third kappa shape index (κ3) is 3.16. The minimum atomic E-state index is -5.44. The van der Waals surface area contributed by atoms with Gasteiger partial charge >= 0.3 is 18.5 Å². The van der Waals surface area contributed by atoms with E-state index in [1.54, 1.807) is 0 Å². The second kappa shape index (κ2) is 5.81. The summed E-state index contributed by atoms with van der Waals surface area (Å²) in [6.07, 6.45) is -15.8. The molecule has 0 bridgehead atoms. The van der Waals surface area contributed by atoms with Gasteiger partial charge in [0.2, 0.25) is 0 Å². The van der Waals surface area contributed by atoms with Crippen LogP contribution < -0.4 is 0 Å². The van der Waals surface area contributed by atoms with Crippen molar-refractivity contribution in [3.05, 3.63) is 39.9 Å². The lowest BCUT2D eigenvalue weighted by atomic mass is 10.0. The Morgan fingerprint density at radius 3 is 1.74 bits per heavy atom. The van der Waals surface area contributed by atoms with Crippen LogP contribution in [0.2, 0.25) is 5.02 Å². The highest BCUT2D eigenvalue weighted by Gasteiger charge is 2.44. The van der Waals surface area contributed by atoms with Crippen molar-refractivity contribution >= 4 is 43.1 Å². The number of benzene rings is 2. The Morgan fingerprint density at radius 2 is 1.26 bits per heavy atom. The SMILES string of the molecule is Oc1c(C(F)(F)F)cc2c(sc3c(C(F)(F)F)c(Cl)ccc32)c1C(F)(F)F. The summed E-state index contributed by atoms with van der Waals surface area (Å²) in [5, 5.41) is 7.58. The number of thiophene rings is 1. The quantitative estimate of drug-likeness (QED) is 0.361. The van der Waals surface area contributed by atoms with E-state index in [0.717, 1.165) is 12.1 Å². The first-order valence-electron chi connectivity index (χ1n) is 6.76. The minimum absolute atomic E-state index is 0.0355. The molecule has 0 saturated heterocycles. The molecule has 0 atom stereocenters. The van der Waals surface area contributed by atoms with E-state index in [1.807, 2.05) is 0 Å². The van der Waals surface area contributed by atoms with Gasteiger partial charge in [-0.3, -0.25) is 0 Å². The number of fused-ring (bicyclic) bond motifs is 3. The first-order valence-corrected chi connectivity index (χ1v) is 7.95. The standard InChI is InChI=1S/C15H4ClF9OS/c16-7-2-1-4-5-3-6(13(17,18)19)10(26)9(15(23,24)25)12(5)27-11(4)8(7)14(20,21)22/h1-3,26H. The Balaban J connectivity index is 2.61. The van der Waals surface area contributed by atoms with E-state index in [4.69, 9.17) is 11.6 Å². The largest absolute Gasteiger partial charge is 0.507 e. The molecule has 0 aliphatic carbocycles. The van der Waals surface area contributed by atoms with Crippen molar-refractivity contribution in [1.82, 2.24) is 0 Å². The van der Waals surface area contributed by atoms with Crippen molar-refractivity contribution in [1.29, 1.82) is 0 Å². The van der Waals surface area contributed by atoms with Gasteiger partial charge in [-0.1, -0.05) is 17.7 Å². The fourth-order valence-electron chi connectivity index (χ4n) is 2.68. The molecule has 27 heavy (non-hydrogen) atoms. The van der Waals surface area contributed by atoms with Gasteiger partial charge in [-0.05, 0) is 12.1 Å². The van der Waals surface area contributed by atoms with Crippen LogP contribution in [0.25, 0.3) is 20.2 Å². The van der Waals surface area contributed by atoms with Crippen LogP contribution in [0.3, 0.4) is 0 Å². The normalized spacial score (nSPS) is 13.7. The zero-order valence-corrected chi connectivity index (χ0v) is 13.9. The van der Waals surface area contributed by atoms with Gasteiger partial charge in [0.05, 0.1) is 20.8 Å². The lowest BCUT2D eigenvalue weighted by Gasteiger charge is -2.15. The number of hydrogen-bond donors (Lipinski definition) is 1. The zero-order chi connectivity index (χ0) is 20.5. The van der Waals surface area contributed by atoms with E-state index in [-0.39, 0.29) is 17.4 Å². The predicted octanol–water partition coefficient (Wildman–Crippen LogP) is 7.47. The maximum Gasteiger partial charge on any atom is 0.421 e. The van der Waals surface area contributed by atoms with Crippen LogP contribution in [0.1, 0.15) is 16.7 Å². The molecular weight excluding hydrogens is 435 g/mol. The lowest BCUT2D eigenvalue weighted by Crippen LogP contribution is -2.11. The molecule has 0 amide bonds. The van der Waals surface area contributed by atoms with Crippen molar-refractivity contribution in [2.75, 3.05) is 0 Å². The highest BCUT2D eigenvalue weighted by atomic mass is 35.5. The molecule has 2 aromatic carbocycles. The molecule has 1 N–H and O–H groups in total. The molecule has 1 heterocycles. The van der Waals surface area contributed by atoms with E-state index in [1.165, 1.54) is 0 Å². The van der Waals surface area contributed by atoms with Gasteiger partial charge in [-0.15, -0.1) is 11.3 Å². The topological polar surface area (TPSA) is 20.2 Å². The lowest BCUT2D eigenvalue weighted by molar-refractivity contribution is -0.144. The van der Waals surface area contributed by atoms with Crippen LogP contribution in [0.5, 0.6) is 5.75 Å². The van der Waals surface area contributed by atoms with Crippen LogP contribution in [0.4, 0.5) is 39.5 Å². The number of alkyl halides is 9. The van der Waals surface area contributed by atoms with Crippen LogP contribution in [0, 0.1) is 0 Å². The molecular formula is C15H4ClF9OS. The highest BCUT2D eigenvalue weighted by Crippen LogP contribution is 2.53. The monoisotopic (exact) mass is 438 g/mol. The smallest absolute Gasteiger partial charge is 0.421 e. The van der Waals surface area contributed by atoms with Crippen molar-refractivity contribution < 1.29 is 44.6 Å². The number of halogens is 10. The summed E-state index contributed by atoms with van der Waals surface area (Å²) in [7, 11) is 0. The number of phenolic OH excluding ortho intramolecular Hbond substituents is 1. The van der Waals surface area contributed by atoms with Crippen LogP contribution in [-0.4, -0.2) is 5.11 Å². The van der Waals surface area contributed by atoms with Gasteiger partial charge in [0.25, 0.3) is 0 Å². The number of aromatic hydroxyl groups is 1. The molecule has 0 aliphatic rings. The molecule has 12 heteroatoms. The van der Waals surface area contributed by atoms with Gasteiger partial charge in [-0.2, -0.15) is 39.5 Å². The van der Waals surface area contributed by atoms with Crippen LogP contribution in [-0.2, 0) is 18.5 Å². The summed E-state index contributed by atoms with van der Waals surface area (Å²) in [6, 6.07) is 1.85. The maximum atomic E-state index is 13.3. The Labute approximate surface area is 152 Å². The molecule has 3 aromatic rings. The molecule has 3 rings (SSSR count). The number of phenols is 1. The van der Waals surface area contributed by atoms with E-state index < -0.39 is 66.2 Å². The predicted molar refractivity (Wildman–Crippen MR) is 81.0 cm³/mol. The summed E-state index contributed by atoms with van der Waals surface area (Å²) in [6.45, 7) is 0. The molecule has 146 valence electrons. The fourth-order valence-corrected chi connectivity index (χ4v) is 4.42. The molecule has 1 aromatic heterocycles. The first kappa shape index (κ1) is 19.9. The minimum Gasteiger partial charge on any atom is -0.507 e. The molecule has 1 nitrogen and oxygen atoms in total. The molecule has 0 saturated carbocycles. The van der Waals surface area contributed by atoms with Gasteiger partial charge in [0.15, 0.2) is 0 Å². The molecule has 0 unspecified atom stereocenters. The summed E-state index contributed by atoms with van der Waals surface area (Å²) in [5.74, 6) is -2.09. The number of hydrogen-bond acceptors (Lipinski definition) is 2. The third-order valence-electron chi connectivity index (χ3n) is 3.73. The highest BCUT2D eigenvalue weighted by molar-refractivity contribution is 7.26. The second-order valence-electron chi connectivity index (χ2n) is 5.42. The molecule has 0 spiro atoms. The van der Waals surface area contributed by atoms with Gasteiger partial charge in [0, 0.05) is 15.5 Å². The second-order valence-corrected chi connectivity index (χ2v) is 6.85. The molecule has 0 radical (unpaired) electrons. The van der Waals surface area contributed by atoms with Crippen LogP contribution >= 0.6 is 22.9 Å². The van der Waals surface area contributed by atoms with Gasteiger partial charge < -0.3 is 5.11 Å². The van der Waals surface area contributed by atoms with E-state index >= 15 is 0 Å². The van der Waals surface area contributed by atoms with Gasteiger partial charge in [-0.25, -0.2) is 0 Å². The van der Waals surface area contributed by atoms with E-state index in [2.05, 4.69) is 0 Å². The van der Waals surface area contributed by atoms with Crippen molar-refractivity contribution in [3.63, 3.8) is 0 Å². The van der Waals surface area contributed by atoms with Crippen LogP contribution in [0.15, 0.2) is 18.2 Å². The Hall–Kier alpha value is -1.88. The van der Waals surface area contributed by atoms with E-state index in [9.17, 15) is 44.6 Å². The maximum absolute atomic E-state index is 13.3. The average Bonchev–Trinajstić information content (AvgIpc) is 2.79. The summed E-state index contributed by atoms with van der Waals surface area (Å²) < 4.78 is 117. The van der Waals surface area contributed by atoms with E-state index in [0.29, 0.717) is 0 Å². The zero-order valence-electron chi connectivity index (χ0n) is 12.4. The van der Waals surface area contributed by atoms with Gasteiger partial charge in [0.1, 0.15) is 11.3 Å². The van der Waals surface area contributed by atoms with Crippen molar-refractivity contribution in [3.8, 4) is 5.75 Å². The fraction of sp³-hybridized carbons (Fsp3) is 0.200. The first-order chi connectivity index (χ1) is 12.1. The molecule has 0 fully saturated rings.